The van der Waals surface area contributed by atoms with E-state index in [0.717, 1.165) is 5.69 Å². The number of likely N-dealkylation sites (tertiary alicyclic amines) is 2. The van der Waals surface area contributed by atoms with E-state index in [2.05, 4.69) is 10.6 Å². The van der Waals surface area contributed by atoms with Crippen molar-refractivity contribution in [2.24, 2.45) is 11.7 Å². The van der Waals surface area contributed by atoms with E-state index < -0.39 is 11.7 Å². The van der Waals surface area contributed by atoms with E-state index in [1.165, 1.54) is 0 Å². The van der Waals surface area contributed by atoms with Crippen LogP contribution < -0.4 is 16.4 Å². The first-order valence-electron chi connectivity index (χ1n) is 10.9. The molecule has 4 rings (SSSR count). The van der Waals surface area contributed by atoms with Crippen LogP contribution in [0.5, 0.6) is 0 Å². The zero-order valence-corrected chi connectivity index (χ0v) is 17.7. The van der Waals surface area contributed by atoms with Gasteiger partial charge < -0.3 is 26.2 Å². The molecular weight excluding hydrogens is 398 g/mol. The Labute approximate surface area is 181 Å². The lowest BCUT2D eigenvalue weighted by Crippen LogP contribution is -2.58. The third-order valence-corrected chi connectivity index (χ3v) is 6.80. The molecule has 4 N–H and O–H groups in total. The van der Waals surface area contributed by atoms with Crippen LogP contribution in [0.3, 0.4) is 0 Å². The predicted octanol–water partition coefficient (Wildman–Crippen LogP) is 0.663. The Kier molecular flexibility index (Phi) is 5.60. The first kappa shape index (κ1) is 21.1. The maximum atomic E-state index is 13.0. The topological polar surface area (TPSA) is 125 Å². The van der Waals surface area contributed by atoms with Crippen molar-refractivity contribution in [3.05, 3.63) is 29.8 Å². The van der Waals surface area contributed by atoms with Crippen molar-refractivity contribution in [3.8, 4) is 0 Å². The molecule has 1 aromatic rings. The fraction of sp³-hybridized carbons (Fsp3) is 0.545. The zero-order valence-electron chi connectivity index (χ0n) is 17.7. The van der Waals surface area contributed by atoms with E-state index in [1.54, 1.807) is 22.8 Å². The number of nitrogens with zero attached hydrogens (tertiary/aromatic N) is 2. The third kappa shape index (κ3) is 4.08. The number of primary amides is 1. The molecule has 166 valence electrons. The van der Waals surface area contributed by atoms with Crippen LogP contribution >= 0.6 is 0 Å². The van der Waals surface area contributed by atoms with Gasteiger partial charge in [0, 0.05) is 44.1 Å². The van der Waals surface area contributed by atoms with Crippen molar-refractivity contribution in [3.63, 3.8) is 0 Å². The summed E-state index contributed by atoms with van der Waals surface area (Å²) in [5.41, 5.74) is 6.01. The molecule has 0 aromatic heterocycles. The zero-order chi connectivity index (χ0) is 22.2. The second kappa shape index (κ2) is 8.20. The van der Waals surface area contributed by atoms with Gasteiger partial charge in [-0.25, -0.2) is 0 Å². The summed E-state index contributed by atoms with van der Waals surface area (Å²) < 4.78 is 0. The number of piperidine rings is 1. The minimum Gasteiger partial charge on any atom is -0.369 e. The Morgan fingerprint density at radius 3 is 2.52 bits per heavy atom. The quantitative estimate of drug-likeness (QED) is 0.654. The molecule has 0 saturated carbocycles. The van der Waals surface area contributed by atoms with Gasteiger partial charge in [0.1, 0.15) is 11.7 Å². The van der Waals surface area contributed by atoms with Gasteiger partial charge >= 0.3 is 0 Å². The summed E-state index contributed by atoms with van der Waals surface area (Å²) in [6.07, 6.45) is 2.30. The first-order chi connectivity index (χ1) is 14.8. The summed E-state index contributed by atoms with van der Waals surface area (Å²) in [5, 5.41) is 6.47. The molecule has 9 heteroatoms. The fourth-order valence-electron chi connectivity index (χ4n) is 4.83. The molecule has 31 heavy (non-hydrogen) atoms. The predicted molar refractivity (Wildman–Crippen MR) is 114 cm³/mol. The van der Waals surface area contributed by atoms with Crippen molar-refractivity contribution in [1.29, 1.82) is 0 Å². The van der Waals surface area contributed by atoms with E-state index in [1.807, 2.05) is 18.2 Å². The highest BCUT2D eigenvalue weighted by atomic mass is 16.2. The average Bonchev–Trinajstić information content (AvgIpc) is 2.92. The molecule has 0 aliphatic carbocycles. The van der Waals surface area contributed by atoms with Crippen LogP contribution in [-0.4, -0.2) is 64.8 Å². The third-order valence-electron chi connectivity index (χ3n) is 6.80. The van der Waals surface area contributed by atoms with Gasteiger partial charge in [0.15, 0.2) is 0 Å². The summed E-state index contributed by atoms with van der Waals surface area (Å²) in [5.74, 6) is -0.880. The smallest absolute Gasteiger partial charge is 0.255 e. The minimum atomic E-state index is -0.710. The number of carbonyl (C=O) groups is 4. The van der Waals surface area contributed by atoms with E-state index in [0.29, 0.717) is 50.9 Å². The monoisotopic (exact) mass is 427 g/mol. The number of para-hydroxylation sites is 1. The van der Waals surface area contributed by atoms with Crippen LogP contribution in [0.2, 0.25) is 0 Å². The van der Waals surface area contributed by atoms with Crippen LogP contribution in [0.4, 0.5) is 5.69 Å². The standard InChI is InChI=1S/C22H29N5O4/c1-14(21(31)26-11-7-15(8-12-26)19(23)29)27-13-10-22(9-6-18(27)28)24-17-5-3-2-4-16(17)20(30)25-22/h2-5,14-15,24H,6-13H2,1H3,(H2,23,29)(H,25,30). The molecule has 3 aliphatic heterocycles. The van der Waals surface area contributed by atoms with Gasteiger partial charge in [-0.3, -0.25) is 19.2 Å². The summed E-state index contributed by atoms with van der Waals surface area (Å²) in [6, 6.07) is 6.72. The highest BCUT2D eigenvalue weighted by molar-refractivity contribution is 6.02. The molecule has 3 aliphatic rings. The molecule has 3 heterocycles. The second-order valence-corrected chi connectivity index (χ2v) is 8.72. The van der Waals surface area contributed by atoms with Crippen LogP contribution in [0, 0.1) is 5.92 Å². The molecule has 4 amide bonds. The van der Waals surface area contributed by atoms with E-state index in [-0.39, 0.29) is 36.0 Å². The maximum absolute atomic E-state index is 13.0. The SMILES string of the molecule is CC(C(=O)N1CCC(C(N)=O)CC1)N1CCC2(CCC1=O)NC(=O)c1ccccc1N2. The van der Waals surface area contributed by atoms with Crippen LogP contribution in [0.25, 0.3) is 0 Å². The van der Waals surface area contributed by atoms with E-state index in [4.69, 9.17) is 5.73 Å². The first-order valence-corrected chi connectivity index (χ1v) is 10.9. The second-order valence-electron chi connectivity index (χ2n) is 8.72. The van der Waals surface area contributed by atoms with Crippen molar-refractivity contribution >= 4 is 29.3 Å². The van der Waals surface area contributed by atoms with Crippen LogP contribution in [0.15, 0.2) is 24.3 Å². The Balaban J connectivity index is 1.43. The number of hydrogen-bond donors (Lipinski definition) is 3. The highest BCUT2D eigenvalue weighted by Crippen LogP contribution is 2.32. The van der Waals surface area contributed by atoms with Crippen LogP contribution in [0.1, 0.15) is 49.4 Å². The van der Waals surface area contributed by atoms with Crippen LogP contribution in [-0.2, 0) is 14.4 Å². The average molecular weight is 428 g/mol. The minimum absolute atomic E-state index is 0.0975. The molecular formula is C22H29N5O4. The van der Waals surface area contributed by atoms with Gasteiger partial charge in [-0.05, 0) is 38.3 Å². The normalized spacial score (nSPS) is 25.3. The number of nitrogens with one attached hydrogen (secondary N) is 2. The van der Waals surface area contributed by atoms with Crippen molar-refractivity contribution in [2.45, 2.75) is 50.7 Å². The largest absolute Gasteiger partial charge is 0.369 e. The lowest BCUT2D eigenvalue weighted by atomic mass is 9.95. The molecule has 2 atom stereocenters. The molecule has 2 saturated heterocycles. The molecule has 0 bridgehead atoms. The summed E-state index contributed by atoms with van der Waals surface area (Å²) in [4.78, 5) is 53.3. The number of amides is 4. The number of anilines is 1. The van der Waals surface area contributed by atoms with Crippen molar-refractivity contribution in [1.82, 2.24) is 15.1 Å². The Morgan fingerprint density at radius 1 is 1.10 bits per heavy atom. The van der Waals surface area contributed by atoms with Crippen molar-refractivity contribution in [2.75, 3.05) is 25.0 Å². The molecule has 1 spiro atoms. The number of fused-ring (bicyclic) bond motifs is 1. The number of hydrogen-bond acceptors (Lipinski definition) is 5. The molecule has 0 radical (unpaired) electrons. The molecule has 9 nitrogen and oxygen atoms in total. The highest BCUT2D eigenvalue weighted by Gasteiger charge is 2.42. The molecule has 1 aromatic carbocycles. The number of nitrogens with two attached hydrogens (primary N) is 1. The number of carbonyl (C=O) groups excluding carboxylic acids is 4. The summed E-state index contributed by atoms with van der Waals surface area (Å²) >= 11 is 0. The molecule has 2 fully saturated rings. The molecule has 2 unspecified atom stereocenters. The fourth-order valence-corrected chi connectivity index (χ4v) is 4.83. The van der Waals surface area contributed by atoms with Gasteiger partial charge in [-0.15, -0.1) is 0 Å². The Morgan fingerprint density at radius 2 is 1.81 bits per heavy atom. The summed E-state index contributed by atoms with van der Waals surface area (Å²) in [6.45, 7) is 3.05. The lowest BCUT2D eigenvalue weighted by molar-refractivity contribution is -0.146. The Bertz CT molecular complexity index is 911. The van der Waals surface area contributed by atoms with E-state index in [9.17, 15) is 19.2 Å². The number of benzene rings is 1. The van der Waals surface area contributed by atoms with Gasteiger partial charge in [-0.1, -0.05) is 12.1 Å². The van der Waals surface area contributed by atoms with Gasteiger partial charge in [0.2, 0.25) is 17.7 Å². The summed E-state index contributed by atoms with van der Waals surface area (Å²) in [7, 11) is 0. The van der Waals surface area contributed by atoms with Gasteiger partial charge in [-0.2, -0.15) is 0 Å². The number of rotatable bonds is 3. The van der Waals surface area contributed by atoms with Crippen molar-refractivity contribution < 1.29 is 19.2 Å². The Hall–Kier alpha value is -3.10. The maximum Gasteiger partial charge on any atom is 0.255 e. The van der Waals surface area contributed by atoms with Gasteiger partial charge in [0.05, 0.1) is 5.56 Å². The lowest BCUT2D eigenvalue weighted by Gasteiger charge is -2.40. The van der Waals surface area contributed by atoms with E-state index >= 15 is 0 Å². The van der Waals surface area contributed by atoms with Gasteiger partial charge in [0.25, 0.3) is 5.91 Å².